The molecule has 1 amide bonds. The van der Waals surface area contributed by atoms with Gasteiger partial charge >= 0.3 is 0 Å². The molecule has 0 fully saturated rings. The lowest BCUT2D eigenvalue weighted by molar-refractivity contribution is -0.119. The second-order valence-corrected chi connectivity index (χ2v) is 2.85. The lowest BCUT2D eigenvalue weighted by Crippen LogP contribution is -2.34. The molecule has 0 heterocycles. The van der Waals surface area contributed by atoms with Crippen molar-refractivity contribution in [2.45, 2.75) is 13.8 Å². The van der Waals surface area contributed by atoms with E-state index in [9.17, 15) is 4.79 Å². The van der Waals surface area contributed by atoms with Crippen molar-refractivity contribution in [1.29, 1.82) is 5.26 Å². The van der Waals surface area contributed by atoms with Crippen LogP contribution in [0.3, 0.4) is 0 Å². The molecule has 0 aromatic carbocycles. The summed E-state index contributed by atoms with van der Waals surface area (Å²) in [5, 5.41) is 13.5. The summed E-state index contributed by atoms with van der Waals surface area (Å²) in [4.78, 5) is 10.9. The van der Waals surface area contributed by atoms with Gasteiger partial charge in [0.2, 0.25) is 5.91 Å². The quantitative estimate of drug-likeness (QED) is 0.361. The SMILES string of the molecule is CC(C)=CCNCC(=O)NCC#N. The summed E-state index contributed by atoms with van der Waals surface area (Å²) in [5.41, 5.74) is 1.21. The summed E-state index contributed by atoms with van der Waals surface area (Å²) in [6.07, 6.45) is 2.00. The van der Waals surface area contributed by atoms with Crippen molar-refractivity contribution in [3.63, 3.8) is 0 Å². The van der Waals surface area contributed by atoms with Gasteiger partial charge < -0.3 is 10.6 Å². The summed E-state index contributed by atoms with van der Waals surface area (Å²) < 4.78 is 0. The number of nitriles is 1. The third-order valence-electron chi connectivity index (χ3n) is 1.30. The molecule has 0 saturated heterocycles. The van der Waals surface area contributed by atoms with Crippen LogP contribution in [0, 0.1) is 11.3 Å². The van der Waals surface area contributed by atoms with Crippen molar-refractivity contribution >= 4 is 5.91 Å². The molecule has 0 aromatic heterocycles. The number of hydrogen-bond donors (Lipinski definition) is 2. The molecule has 0 aliphatic rings. The van der Waals surface area contributed by atoms with Crippen molar-refractivity contribution < 1.29 is 4.79 Å². The molecule has 13 heavy (non-hydrogen) atoms. The second-order valence-electron chi connectivity index (χ2n) is 2.85. The minimum Gasteiger partial charge on any atom is -0.342 e. The number of amides is 1. The molecular weight excluding hydrogens is 166 g/mol. The number of hydrogen-bond acceptors (Lipinski definition) is 3. The number of rotatable bonds is 5. The fourth-order valence-corrected chi connectivity index (χ4v) is 0.663. The number of nitrogens with one attached hydrogen (secondary N) is 2. The Balaban J connectivity index is 3.38. The predicted molar refractivity (Wildman–Crippen MR) is 50.9 cm³/mol. The molecule has 2 N–H and O–H groups in total. The zero-order valence-corrected chi connectivity index (χ0v) is 8.05. The van der Waals surface area contributed by atoms with Crippen LogP contribution in [0.4, 0.5) is 0 Å². The Labute approximate surface area is 78.6 Å². The lowest BCUT2D eigenvalue weighted by Gasteiger charge is -2.01. The van der Waals surface area contributed by atoms with Gasteiger partial charge in [0.1, 0.15) is 6.54 Å². The summed E-state index contributed by atoms with van der Waals surface area (Å²) >= 11 is 0. The van der Waals surface area contributed by atoms with Crippen LogP contribution < -0.4 is 10.6 Å². The molecule has 4 heteroatoms. The molecule has 0 aliphatic heterocycles. The first-order valence-electron chi connectivity index (χ1n) is 4.14. The van der Waals surface area contributed by atoms with Gasteiger partial charge in [0.05, 0.1) is 12.6 Å². The lowest BCUT2D eigenvalue weighted by atomic mass is 10.3. The molecule has 0 saturated carbocycles. The van der Waals surface area contributed by atoms with Crippen molar-refractivity contribution in [2.24, 2.45) is 0 Å². The molecule has 72 valence electrons. The largest absolute Gasteiger partial charge is 0.342 e. The molecule has 0 bridgehead atoms. The van der Waals surface area contributed by atoms with Crippen LogP contribution in [-0.2, 0) is 4.79 Å². The fourth-order valence-electron chi connectivity index (χ4n) is 0.663. The van der Waals surface area contributed by atoms with Gasteiger partial charge in [0.25, 0.3) is 0 Å². The van der Waals surface area contributed by atoms with Crippen LogP contribution in [0.2, 0.25) is 0 Å². The van der Waals surface area contributed by atoms with E-state index in [2.05, 4.69) is 10.6 Å². The van der Waals surface area contributed by atoms with Gasteiger partial charge in [-0.15, -0.1) is 0 Å². The normalized spacial score (nSPS) is 8.69. The number of nitrogens with zero attached hydrogens (tertiary/aromatic N) is 1. The maximum atomic E-state index is 10.9. The molecule has 4 nitrogen and oxygen atoms in total. The highest BCUT2D eigenvalue weighted by Crippen LogP contribution is 1.84. The Morgan fingerprint density at radius 3 is 2.77 bits per heavy atom. The van der Waals surface area contributed by atoms with Crippen molar-refractivity contribution in [1.82, 2.24) is 10.6 Å². The molecule has 0 aromatic rings. The summed E-state index contributed by atoms with van der Waals surface area (Å²) in [6, 6.07) is 1.84. The van der Waals surface area contributed by atoms with Gasteiger partial charge in [-0.2, -0.15) is 5.26 Å². The summed E-state index contributed by atoms with van der Waals surface area (Å²) in [5.74, 6) is -0.149. The Kier molecular flexibility index (Phi) is 6.56. The first-order valence-corrected chi connectivity index (χ1v) is 4.14. The maximum absolute atomic E-state index is 10.9. The topological polar surface area (TPSA) is 64.9 Å². The highest BCUT2D eigenvalue weighted by molar-refractivity contribution is 5.78. The Morgan fingerprint density at radius 2 is 2.23 bits per heavy atom. The molecular formula is C9H15N3O. The zero-order chi connectivity index (χ0) is 10.1. The Bertz CT molecular complexity index is 224. The summed E-state index contributed by atoms with van der Waals surface area (Å²) in [7, 11) is 0. The highest BCUT2D eigenvalue weighted by atomic mass is 16.1. The van der Waals surface area contributed by atoms with Crippen molar-refractivity contribution in [3.8, 4) is 6.07 Å². The van der Waals surface area contributed by atoms with E-state index < -0.39 is 0 Å². The summed E-state index contributed by atoms with van der Waals surface area (Å²) in [6.45, 7) is 5.01. The molecule has 0 unspecified atom stereocenters. The minimum atomic E-state index is -0.149. The zero-order valence-electron chi connectivity index (χ0n) is 8.05. The van der Waals surface area contributed by atoms with Crippen LogP contribution >= 0.6 is 0 Å². The Morgan fingerprint density at radius 1 is 1.54 bits per heavy atom. The Hall–Kier alpha value is -1.34. The van der Waals surface area contributed by atoms with Crippen LogP contribution in [-0.4, -0.2) is 25.5 Å². The van der Waals surface area contributed by atoms with Crippen LogP contribution in [0.15, 0.2) is 11.6 Å². The molecule has 0 aliphatic carbocycles. The predicted octanol–water partition coefficient (Wildman–Crippen LogP) is 0.182. The number of carbonyl (C=O) groups excluding carboxylic acids is 1. The standard InChI is InChI=1S/C9H15N3O/c1-8(2)3-5-11-7-9(13)12-6-4-10/h3,11H,5-7H2,1-2H3,(H,12,13). The smallest absolute Gasteiger partial charge is 0.234 e. The van der Waals surface area contributed by atoms with E-state index >= 15 is 0 Å². The first kappa shape index (κ1) is 11.7. The number of allylic oxidation sites excluding steroid dienone is 1. The van der Waals surface area contributed by atoms with E-state index in [0.717, 1.165) is 0 Å². The van der Waals surface area contributed by atoms with Gasteiger partial charge in [-0.25, -0.2) is 0 Å². The van der Waals surface area contributed by atoms with Crippen molar-refractivity contribution in [2.75, 3.05) is 19.6 Å². The van der Waals surface area contributed by atoms with Gasteiger partial charge in [-0.1, -0.05) is 11.6 Å². The maximum Gasteiger partial charge on any atom is 0.234 e. The molecule has 0 spiro atoms. The van der Waals surface area contributed by atoms with Gasteiger partial charge in [-0.05, 0) is 13.8 Å². The van der Waals surface area contributed by atoms with Crippen LogP contribution in [0.25, 0.3) is 0 Å². The second kappa shape index (κ2) is 7.32. The van der Waals surface area contributed by atoms with Gasteiger partial charge in [0.15, 0.2) is 0 Å². The third-order valence-corrected chi connectivity index (χ3v) is 1.30. The van der Waals surface area contributed by atoms with E-state index in [1.165, 1.54) is 5.57 Å². The third kappa shape index (κ3) is 8.57. The van der Waals surface area contributed by atoms with Gasteiger partial charge in [0, 0.05) is 6.54 Å². The van der Waals surface area contributed by atoms with Crippen molar-refractivity contribution in [3.05, 3.63) is 11.6 Å². The van der Waals surface area contributed by atoms with E-state index in [1.807, 2.05) is 26.0 Å². The van der Waals surface area contributed by atoms with E-state index in [4.69, 9.17) is 5.26 Å². The number of carbonyl (C=O) groups is 1. The fraction of sp³-hybridized carbons (Fsp3) is 0.556. The first-order chi connectivity index (χ1) is 6.16. The molecule has 0 rings (SSSR count). The molecule has 0 atom stereocenters. The van der Waals surface area contributed by atoms with Crippen LogP contribution in [0.5, 0.6) is 0 Å². The highest BCUT2D eigenvalue weighted by Gasteiger charge is 1.96. The van der Waals surface area contributed by atoms with E-state index in [0.29, 0.717) is 6.54 Å². The average molecular weight is 181 g/mol. The average Bonchev–Trinajstić information content (AvgIpc) is 2.08. The van der Waals surface area contributed by atoms with E-state index in [1.54, 1.807) is 0 Å². The monoisotopic (exact) mass is 181 g/mol. The minimum absolute atomic E-state index is 0.0726. The molecule has 0 radical (unpaired) electrons. The van der Waals surface area contributed by atoms with Crippen LogP contribution in [0.1, 0.15) is 13.8 Å². The van der Waals surface area contributed by atoms with Gasteiger partial charge in [-0.3, -0.25) is 4.79 Å². The van der Waals surface area contributed by atoms with E-state index in [-0.39, 0.29) is 19.0 Å².